The minimum absolute atomic E-state index is 0.0569. The lowest BCUT2D eigenvalue weighted by Gasteiger charge is -2.47. The molecule has 0 spiro atoms. The maximum atomic E-state index is 12.2. The first kappa shape index (κ1) is 14.4. The molecule has 0 amide bonds. The van der Waals surface area contributed by atoms with Crippen LogP contribution in [-0.2, 0) is 14.4 Å². The molecule has 0 saturated heterocycles. The molecule has 106 valence electrons. The predicted molar refractivity (Wildman–Crippen MR) is 72.7 cm³/mol. The molecule has 2 rings (SSSR count). The number of hydrogen-bond acceptors (Lipinski definition) is 3. The highest BCUT2D eigenvalue weighted by atomic mass is 16.1. The zero-order valence-electron chi connectivity index (χ0n) is 12.0. The molecule has 0 bridgehead atoms. The Bertz CT molecular complexity index is 399. The topological polar surface area (TPSA) is 51.2 Å². The highest BCUT2D eigenvalue weighted by molar-refractivity contribution is 5.91. The molecule has 0 aromatic rings. The van der Waals surface area contributed by atoms with Gasteiger partial charge in [-0.25, -0.2) is 0 Å². The van der Waals surface area contributed by atoms with Crippen LogP contribution in [0.4, 0.5) is 0 Å². The van der Waals surface area contributed by atoms with Crippen molar-refractivity contribution in [3.8, 4) is 0 Å². The fraction of sp³-hybridized carbons (Fsp3) is 0.812. The van der Waals surface area contributed by atoms with Crippen molar-refractivity contribution >= 4 is 17.3 Å². The summed E-state index contributed by atoms with van der Waals surface area (Å²) in [6, 6.07) is 0. The smallest absolute Gasteiger partial charge is 0.139 e. The highest BCUT2D eigenvalue weighted by Gasteiger charge is 2.51. The van der Waals surface area contributed by atoms with Crippen LogP contribution < -0.4 is 0 Å². The normalized spacial score (nSPS) is 35.1. The van der Waals surface area contributed by atoms with Crippen LogP contribution in [0.15, 0.2) is 0 Å². The summed E-state index contributed by atoms with van der Waals surface area (Å²) in [5.41, 5.74) is -0.300. The Morgan fingerprint density at radius 1 is 1.32 bits per heavy atom. The first-order valence-electron chi connectivity index (χ1n) is 7.56. The van der Waals surface area contributed by atoms with E-state index in [4.69, 9.17) is 0 Å². The second kappa shape index (κ2) is 5.56. The first-order valence-corrected chi connectivity index (χ1v) is 7.56. The molecule has 2 fully saturated rings. The lowest BCUT2D eigenvalue weighted by Crippen LogP contribution is -2.49. The summed E-state index contributed by atoms with van der Waals surface area (Å²) in [5, 5.41) is 0. The van der Waals surface area contributed by atoms with Crippen LogP contribution in [0.2, 0.25) is 0 Å². The predicted octanol–water partition coefficient (Wildman–Crippen LogP) is 3.10. The molecule has 0 radical (unpaired) electrons. The Hall–Kier alpha value is -0.990. The molecule has 3 nitrogen and oxygen atoms in total. The quantitative estimate of drug-likeness (QED) is 0.784. The van der Waals surface area contributed by atoms with Crippen LogP contribution >= 0.6 is 0 Å². The van der Waals surface area contributed by atoms with Gasteiger partial charge >= 0.3 is 0 Å². The van der Waals surface area contributed by atoms with Gasteiger partial charge in [0.05, 0.1) is 0 Å². The summed E-state index contributed by atoms with van der Waals surface area (Å²) in [4.78, 5) is 35.9. The number of carbonyl (C=O) groups is 3. The van der Waals surface area contributed by atoms with Crippen LogP contribution in [-0.4, -0.2) is 17.3 Å². The van der Waals surface area contributed by atoms with Crippen molar-refractivity contribution in [2.45, 2.75) is 65.2 Å². The van der Waals surface area contributed by atoms with E-state index < -0.39 is 0 Å². The maximum absolute atomic E-state index is 12.2. The van der Waals surface area contributed by atoms with Gasteiger partial charge in [-0.2, -0.15) is 0 Å². The number of hydrogen-bond donors (Lipinski definition) is 0. The third kappa shape index (κ3) is 2.65. The Kier molecular flexibility index (Phi) is 4.22. The number of fused-ring (bicyclic) bond motifs is 1. The SMILES string of the molecule is CCC(=O)CCC1C(=O)CC[C@]2(C)C(=O)CCC[C@@H]12. The molecular weight excluding hydrogens is 240 g/mol. The van der Waals surface area contributed by atoms with Crippen molar-refractivity contribution in [3.63, 3.8) is 0 Å². The standard InChI is InChI=1S/C16H24O3/c1-3-11(17)7-8-12-13-5-4-6-15(19)16(13,2)10-9-14(12)18/h12-13H,3-10H2,1-2H3/t12?,13-,16-/m0/s1. The van der Waals surface area contributed by atoms with Crippen LogP contribution in [0.3, 0.4) is 0 Å². The lowest BCUT2D eigenvalue weighted by atomic mass is 9.55. The van der Waals surface area contributed by atoms with E-state index in [9.17, 15) is 14.4 Å². The summed E-state index contributed by atoms with van der Waals surface area (Å²) in [6.07, 6.45) is 5.47. The largest absolute Gasteiger partial charge is 0.300 e. The molecule has 3 heteroatoms. The molecule has 0 heterocycles. The molecule has 0 aliphatic heterocycles. The van der Waals surface area contributed by atoms with Gasteiger partial charge in [0.1, 0.15) is 17.3 Å². The van der Waals surface area contributed by atoms with Gasteiger partial charge in [-0.1, -0.05) is 13.8 Å². The van der Waals surface area contributed by atoms with E-state index in [1.54, 1.807) is 0 Å². The van der Waals surface area contributed by atoms with Crippen LogP contribution in [0.1, 0.15) is 65.2 Å². The molecule has 3 atom stereocenters. The van der Waals surface area contributed by atoms with E-state index in [0.29, 0.717) is 44.3 Å². The molecule has 0 N–H and O–H groups in total. The van der Waals surface area contributed by atoms with Crippen LogP contribution in [0.25, 0.3) is 0 Å². The molecule has 2 aliphatic carbocycles. The van der Waals surface area contributed by atoms with Crippen molar-refractivity contribution in [2.24, 2.45) is 17.3 Å². The maximum Gasteiger partial charge on any atom is 0.139 e. The number of rotatable bonds is 4. The first-order chi connectivity index (χ1) is 8.99. The van der Waals surface area contributed by atoms with Crippen LogP contribution in [0.5, 0.6) is 0 Å². The lowest BCUT2D eigenvalue weighted by molar-refractivity contribution is -0.146. The van der Waals surface area contributed by atoms with Crippen molar-refractivity contribution in [3.05, 3.63) is 0 Å². The molecule has 0 aromatic carbocycles. The minimum Gasteiger partial charge on any atom is -0.300 e. The van der Waals surface area contributed by atoms with Crippen molar-refractivity contribution in [1.82, 2.24) is 0 Å². The molecule has 19 heavy (non-hydrogen) atoms. The summed E-state index contributed by atoms with van der Waals surface area (Å²) < 4.78 is 0. The van der Waals surface area contributed by atoms with Gasteiger partial charge in [0.2, 0.25) is 0 Å². The van der Waals surface area contributed by atoms with E-state index in [0.717, 1.165) is 12.8 Å². The summed E-state index contributed by atoms with van der Waals surface area (Å²) in [7, 11) is 0. The van der Waals surface area contributed by atoms with Gasteiger partial charge in [-0.05, 0) is 31.6 Å². The Balaban J connectivity index is 2.13. The van der Waals surface area contributed by atoms with Gasteiger partial charge in [-0.3, -0.25) is 14.4 Å². The average Bonchev–Trinajstić information content (AvgIpc) is 2.40. The second-order valence-electron chi connectivity index (χ2n) is 6.34. The van der Waals surface area contributed by atoms with E-state index >= 15 is 0 Å². The van der Waals surface area contributed by atoms with Gasteiger partial charge in [0.25, 0.3) is 0 Å². The van der Waals surface area contributed by atoms with Crippen molar-refractivity contribution in [1.29, 1.82) is 0 Å². The molecule has 0 aromatic heterocycles. The average molecular weight is 264 g/mol. The van der Waals surface area contributed by atoms with Gasteiger partial charge in [0, 0.05) is 37.0 Å². The third-order valence-electron chi connectivity index (χ3n) is 5.29. The van der Waals surface area contributed by atoms with Crippen molar-refractivity contribution in [2.75, 3.05) is 0 Å². The zero-order valence-corrected chi connectivity index (χ0v) is 12.0. The van der Waals surface area contributed by atoms with Gasteiger partial charge in [0.15, 0.2) is 0 Å². The van der Waals surface area contributed by atoms with Gasteiger partial charge < -0.3 is 0 Å². The van der Waals surface area contributed by atoms with Gasteiger partial charge in [-0.15, -0.1) is 0 Å². The van der Waals surface area contributed by atoms with E-state index in [2.05, 4.69) is 0 Å². The summed E-state index contributed by atoms with van der Waals surface area (Å²) in [6.45, 7) is 3.90. The Morgan fingerprint density at radius 3 is 2.74 bits per heavy atom. The molecule has 2 saturated carbocycles. The van der Waals surface area contributed by atoms with E-state index in [-0.39, 0.29) is 28.8 Å². The Morgan fingerprint density at radius 2 is 2.05 bits per heavy atom. The second-order valence-corrected chi connectivity index (χ2v) is 6.34. The summed E-state index contributed by atoms with van der Waals surface area (Å²) in [5.74, 6) is 0.963. The fourth-order valence-electron chi connectivity index (χ4n) is 3.91. The number of carbonyl (C=O) groups excluding carboxylic acids is 3. The fourth-order valence-corrected chi connectivity index (χ4v) is 3.91. The zero-order chi connectivity index (χ0) is 14.0. The molecular formula is C16H24O3. The van der Waals surface area contributed by atoms with E-state index in [1.807, 2.05) is 13.8 Å². The highest BCUT2D eigenvalue weighted by Crippen LogP contribution is 2.50. The van der Waals surface area contributed by atoms with Crippen molar-refractivity contribution < 1.29 is 14.4 Å². The number of Topliss-reactive ketones (excluding diaryl/α,β-unsaturated/α-hetero) is 3. The third-order valence-corrected chi connectivity index (χ3v) is 5.29. The van der Waals surface area contributed by atoms with E-state index in [1.165, 1.54) is 0 Å². The molecule has 1 unspecified atom stereocenters. The summed E-state index contributed by atoms with van der Waals surface area (Å²) >= 11 is 0. The minimum atomic E-state index is -0.300. The monoisotopic (exact) mass is 264 g/mol. The Labute approximate surface area is 115 Å². The molecule has 2 aliphatic rings. The van der Waals surface area contributed by atoms with Crippen LogP contribution in [0, 0.1) is 17.3 Å². The number of ketones is 3.